The number of ether oxygens (including phenoxy) is 3. The van der Waals surface area contributed by atoms with Gasteiger partial charge in [-0.25, -0.2) is 4.79 Å². The highest BCUT2D eigenvalue weighted by Gasteiger charge is 2.05. The smallest absolute Gasteiger partial charge is 0.338 e. The van der Waals surface area contributed by atoms with Crippen LogP contribution in [0.15, 0.2) is 42.5 Å². The fourth-order valence-electron chi connectivity index (χ4n) is 1.44. The van der Waals surface area contributed by atoms with Gasteiger partial charge in [-0.1, -0.05) is 18.2 Å². The summed E-state index contributed by atoms with van der Waals surface area (Å²) >= 11 is 0. The summed E-state index contributed by atoms with van der Waals surface area (Å²) in [5.74, 6) is -0.338. The first kappa shape index (κ1) is 15.4. The number of hydrogen-bond acceptors (Lipinski definition) is 4. The minimum Gasteiger partial charge on any atom is -0.458 e. The molecule has 0 amide bonds. The second-order valence-corrected chi connectivity index (χ2v) is 3.67. The van der Waals surface area contributed by atoms with E-state index in [9.17, 15) is 4.79 Å². The molecule has 0 bridgehead atoms. The lowest BCUT2D eigenvalue weighted by atomic mass is 10.2. The Balaban J connectivity index is 2.34. The summed E-state index contributed by atoms with van der Waals surface area (Å²) in [7, 11) is 0. The van der Waals surface area contributed by atoms with Crippen molar-refractivity contribution in [1.29, 1.82) is 0 Å². The van der Waals surface area contributed by atoms with Crippen molar-refractivity contribution in [2.24, 2.45) is 0 Å². The molecule has 0 spiro atoms. The van der Waals surface area contributed by atoms with Crippen LogP contribution in [-0.4, -0.2) is 32.1 Å². The maximum atomic E-state index is 11.6. The molecule has 4 heteroatoms. The fraction of sp³-hybridized carbons (Fsp3) is 0.400. The molecule has 104 valence electrons. The minimum atomic E-state index is -0.384. The van der Waals surface area contributed by atoms with Crippen LogP contribution in [0.4, 0.5) is 0 Å². The zero-order valence-corrected chi connectivity index (χ0v) is 11.4. The molecule has 19 heavy (non-hydrogen) atoms. The predicted molar refractivity (Wildman–Crippen MR) is 72.9 cm³/mol. The summed E-state index contributed by atoms with van der Waals surface area (Å²) in [4.78, 5) is 11.6. The summed E-state index contributed by atoms with van der Waals surface area (Å²) in [6, 6.07) is 8.88. The Labute approximate surface area is 114 Å². The first-order chi connectivity index (χ1) is 9.27. The molecule has 1 rings (SSSR count). The van der Waals surface area contributed by atoms with Crippen LogP contribution < -0.4 is 0 Å². The Morgan fingerprint density at radius 1 is 1.16 bits per heavy atom. The van der Waals surface area contributed by atoms with Crippen molar-refractivity contribution in [3.63, 3.8) is 0 Å². The molecule has 0 fully saturated rings. The summed E-state index contributed by atoms with van der Waals surface area (Å²) in [5.41, 5.74) is 0.544. The molecule has 0 N–H and O–H groups in total. The van der Waals surface area contributed by atoms with E-state index in [1.807, 2.05) is 19.9 Å². The van der Waals surface area contributed by atoms with E-state index in [0.29, 0.717) is 18.8 Å². The third-order valence-electron chi connectivity index (χ3n) is 2.28. The van der Waals surface area contributed by atoms with E-state index in [0.717, 1.165) is 0 Å². The highest BCUT2D eigenvalue weighted by Crippen LogP contribution is 2.02. The number of carbonyl (C=O) groups is 1. The van der Waals surface area contributed by atoms with Gasteiger partial charge in [-0.05, 0) is 38.1 Å². The van der Waals surface area contributed by atoms with Crippen molar-refractivity contribution in [3.05, 3.63) is 48.0 Å². The Bertz CT molecular complexity index is 380. The van der Waals surface area contributed by atoms with Crippen LogP contribution in [0, 0.1) is 0 Å². The van der Waals surface area contributed by atoms with Gasteiger partial charge in [-0.15, -0.1) is 0 Å². The van der Waals surface area contributed by atoms with E-state index in [1.54, 1.807) is 36.4 Å². The molecule has 4 nitrogen and oxygen atoms in total. The molecule has 0 unspecified atom stereocenters. The number of esters is 1. The lowest BCUT2D eigenvalue weighted by molar-refractivity contribution is -0.104. The third kappa shape index (κ3) is 6.18. The van der Waals surface area contributed by atoms with Crippen molar-refractivity contribution in [3.8, 4) is 0 Å². The highest BCUT2D eigenvalue weighted by atomic mass is 16.7. The zero-order valence-electron chi connectivity index (χ0n) is 11.4. The van der Waals surface area contributed by atoms with Crippen molar-refractivity contribution in [2.45, 2.75) is 20.1 Å². The number of benzene rings is 1. The van der Waals surface area contributed by atoms with Crippen LogP contribution >= 0.6 is 0 Å². The van der Waals surface area contributed by atoms with E-state index in [-0.39, 0.29) is 18.9 Å². The maximum absolute atomic E-state index is 11.6. The molecule has 1 aromatic rings. The zero-order chi connectivity index (χ0) is 13.9. The summed E-state index contributed by atoms with van der Waals surface area (Å²) in [6.45, 7) is 5.13. The minimum absolute atomic E-state index is 0.199. The molecule has 0 aliphatic heterocycles. The van der Waals surface area contributed by atoms with Crippen LogP contribution in [-0.2, 0) is 14.2 Å². The van der Waals surface area contributed by atoms with E-state index in [4.69, 9.17) is 14.2 Å². The van der Waals surface area contributed by atoms with Gasteiger partial charge in [0.1, 0.15) is 6.61 Å². The monoisotopic (exact) mass is 264 g/mol. The molecule has 0 heterocycles. The van der Waals surface area contributed by atoms with Gasteiger partial charge < -0.3 is 14.2 Å². The standard InChI is InChI=1S/C15H20O4/c1-3-17-14(18-4-2)11-8-12-19-15(16)13-9-6-5-7-10-13/h5-11,14H,3-4,12H2,1-2H3/b11-8+. The largest absolute Gasteiger partial charge is 0.458 e. The topological polar surface area (TPSA) is 44.8 Å². The van der Waals surface area contributed by atoms with E-state index >= 15 is 0 Å². The quantitative estimate of drug-likeness (QED) is 0.411. The highest BCUT2D eigenvalue weighted by molar-refractivity contribution is 5.89. The van der Waals surface area contributed by atoms with Gasteiger partial charge in [0.25, 0.3) is 0 Å². The van der Waals surface area contributed by atoms with E-state index in [2.05, 4.69) is 0 Å². The normalized spacial score (nSPS) is 11.1. The molecule has 1 aromatic carbocycles. The summed E-state index contributed by atoms with van der Waals surface area (Å²) < 4.78 is 15.7. The van der Waals surface area contributed by atoms with Crippen LogP contribution in [0.25, 0.3) is 0 Å². The molecule has 0 saturated carbocycles. The number of hydrogen-bond donors (Lipinski definition) is 0. The van der Waals surface area contributed by atoms with Crippen molar-refractivity contribution in [1.82, 2.24) is 0 Å². The Morgan fingerprint density at radius 2 is 1.79 bits per heavy atom. The average Bonchev–Trinajstić information content (AvgIpc) is 2.44. The van der Waals surface area contributed by atoms with Gasteiger partial charge in [0, 0.05) is 13.2 Å². The molecule has 0 aromatic heterocycles. The van der Waals surface area contributed by atoms with Crippen LogP contribution in [0.5, 0.6) is 0 Å². The SMILES string of the molecule is CCOC(/C=C/COC(=O)c1ccccc1)OCC. The Morgan fingerprint density at radius 3 is 2.37 bits per heavy atom. The molecule has 0 atom stereocenters. The molecule has 0 saturated heterocycles. The second-order valence-electron chi connectivity index (χ2n) is 3.67. The second kappa shape index (κ2) is 9.30. The third-order valence-corrected chi connectivity index (χ3v) is 2.28. The molecular formula is C15H20O4. The predicted octanol–water partition coefficient (Wildman–Crippen LogP) is 2.80. The van der Waals surface area contributed by atoms with Crippen molar-refractivity contribution >= 4 is 5.97 Å². The lowest BCUT2D eigenvalue weighted by Gasteiger charge is -2.12. The van der Waals surface area contributed by atoms with E-state index < -0.39 is 0 Å². The molecule has 0 aliphatic carbocycles. The number of rotatable bonds is 8. The first-order valence-corrected chi connectivity index (χ1v) is 6.40. The van der Waals surface area contributed by atoms with Gasteiger partial charge in [0.15, 0.2) is 6.29 Å². The number of carbonyl (C=O) groups excluding carboxylic acids is 1. The molecule has 0 aliphatic rings. The Kier molecular flexibility index (Phi) is 7.54. The van der Waals surface area contributed by atoms with Gasteiger partial charge in [-0.2, -0.15) is 0 Å². The van der Waals surface area contributed by atoms with Crippen LogP contribution in [0.1, 0.15) is 24.2 Å². The lowest BCUT2D eigenvalue weighted by Crippen LogP contribution is -2.14. The average molecular weight is 264 g/mol. The van der Waals surface area contributed by atoms with Gasteiger partial charge in [0.05, 0.1) is 5.56 Å². The van der Waals surface area contributed by atoms with Crippen molar-refractivity contribution in [2.75, 3.05) is 19.8 Å². The molecular weight excluding hydrogens is 244 g/mol. The summed E-state index contributed by atoms with van der Waals surface area (Å²) in [5, 5.41) is 0. The van der Waals surface area contributed by atoms with Crippen LogP contribution in [0.3, 0.4) is 0 Å². The summed E-state index contributed by atoms with van der Waals surface area (Å²) in [6.07, 6.45) is 3.08. The Hall–Kier alpha value is -1.65. The maximum Gasteiger partial charge on any atom is 0.338 e. The van der Waals surface area contributed by atoms with Gasteiger partial charge in [0.2, 0.25) is 0 Å². The van der Waals surface area contributed by atoms with E-state index in [1.165, 1.54) is 0 Å². The van der Waals surface area contributed by atoms with Crippen LogP contribution in [0.2, 0.25) is 0 Å². The fourth-order valence-corrected chi connectivity index (χ4v) is 1.44. The van der Waals surface area contributed by atoms with Gasteiger partial charge >= 0.3 is 5.97 Å². The molecule has 0 radical (unpaired) electrons. The van der Waals surface area contributed by atoms with Gasteiger partial charge in [-0.3, -0.25) is 0 Å². The first-order valence-electron chi connectivity index (χ1n) is 6.40. The van der Waals surface area contributed by atoms with Crippen molar-refractivity contribution < 1.29 is 19.0 Å².